The zero-order valence-electron chi connectivity index (χ0n) is 12.0. The Morgan fingerprint density at radius 3 is 2.53 bits per heavy atom. The fraction of sp³-hybridized carbons (Fsp3) is 0.769. The molecule has 106 valence electrons. The fourth-order valence-electron chi connectivity index (χ4n) is 2.13. The van der Waals surface area contributed by atoms with Crippen LogP contribution in [0.4, 0.5) is 0 Å². The summed E-state index contributed by atoms with van der Waals surface area (Å²) in [6, 6.07) is 0. The molecule has 19 heavy (non-hydrogen) atoms. The highest BCUT2D eigenvalue weighted by atomic mass is 16.2. The van der Waals surface area contributed by atoms with Crippen LogP contribution in [0.15, 0.2) is 6.20 Å². The smallest absolute Gasteiger partial charge is 0.276 e. The van der Waals surface area contributed by atoms with Gasteiger partial charge in [0.05, 0.1) is 6.20 Å². The number of carbonyl (C=O) groups is 1. The molecule has 1 saturated heterocycles. The van der Waals surface area contributed by atoms with E-state index in [0.29, 0.717) is 11.1 Å². The van der Waals surface area contributed by atoms with Crippen LogP contribution in [0.5, 0.6) is 0 Å². The molecule has 0 bridgehead atoms. The van der Waals surface area contributed by atoms with Crippen molar-refractivity contribution >= 4 is 5.91 Å². The summed E-state index contributed by atoms with van der Waals surface area (Å²) < 4.78 is 0. The second-order valence-corrected chi connectivity index (χ2v) is 6.30. The van der Waals surface area contributed by atoms with E-state index >= 15 is 0 Å². The highest BCUT2D eigenvalue weighted by Gasteiger charge is 2.24. The number of amides is 1. The Kier molecular flexibility index (Phi) is 4.19. The van der Waals surface area contributed by atoms with E-state index in [1.54, 1.807) is 0 Å². The van der Waals surface area contributed by atoms with Crippen molar-refractivity contribution in [3.8, 4) is 0 Å². The van der Waals surface area contributed by atoms with Crippen LogP contribution in [0.3, 0.4) is 0 Å². The van der Waals surface area contributed by atoms with Gasteiger partial charge in [-0.3, -0.25) is 9.69 Å². The maximum absolute atomic E-state index is 12.1. The van der Waals surface area contributed by atoms with Crippen molar-refractivity contribution in [1.29, 1.82) is 0 Å². The van der Waals surface area contributed by atoms with E-state index in [0.717, 1.165) is 32.7 Å². The van der Waals surface area contributed by atoms with Crippen molar-refractivity contribution in [2.24, 2.45) is 5.41 Å². The van der Waals surface area contributed by atoms with Crippen molar-refractivity contribution in [2.45, 2.75) is 27.2 Å². The average Bonchev–Trinajstić information content (AvgIpc) is 2.89. The third kappa shape index (κ3) is 4.02. The van der Waals surface area contributed by atoms with Crippen LogP contribution in [-0.4, -0.2) is 63.8 Å². The summed E-state index contributed by atoms with van der Waals surface area (Å²) in [6.45, 7) is 11.3. The number of aromatic amines is 1. The van der Waals surface area contributed by atoms with Gasteiger partial charge in [0.1, 0.15) is 0 Å². The maximum atomic E-state index is 12.1. The molecule has 2 heterocycles. The number of hydrogen-bond donors (Lipinski definition) is 1. The zero-order valence-corrected chi connectivity index (χ0v) is 12.0. The summed E-state index contributed by atoms with van der Waals surface area (Å²) in [4.78, 5) is 16.4. The Hall–Kier alpha value is -1.43. The number of aromatic nitrogens is 3. The SMILES string of the molecule is CC(C)(C)CCN1CCN(C(=O)c2cn[nH]n2)CC1. The molecule has 1 amide bonds. The minimum Gasteiger partial charge on any atom is -0.335 e. The minimum atomic E-state index is -0.0239. The quantitative estimate of drug-likeness (QED) is 0.885. The number of hydrogen-bond acceptors (Lipinski definition) is 4. The van der Waals surface area contributed by atoms with Gasteiger partial charge in [0.25, 0.3) is 5.91 Å². The van der Waals surface area contributed by atoms with Crippen LogP contribution in [-0.2, 0) is 0 Å². The summed E-state index contributed by atoms with van der Waals surface area (Å²) in [5.41, 5.74) is 0.774. The number of piperazine rings is 1. The third-order valence-corrected chi connectivity index (χ3v) is 3.47. The van der Waals surface area contributed by atoms with Crippen molar-refractivity contribution < 1.29 is 4.79 Å². The van der Waals surface area contributed by atoms with Crippen LogP contribution in [0, 0.1) is 5.41 Å². The van der Waals surface area contributed by atoms with Crippen molar-refractivity contribution in [3.05, 3.63) is 11.9 Å². The molecule has 2 rings (SSSR count). The lowest BCUT2D eigenvalue weighted by atomic mass is 9.92. The molecule has 0 aliphatic carbocycles. The molecule has 6 heteroatoms. The molecular formula is C13H23N5O. The Bertz CT molecular complexity index is 401. The van der Waals surface area contributed by atoms with E-state index < -0.39 is 0 Å². The number of H-pyrrole nitrogens is 1. The van der Waals surface area contributed by atoms with Gasteiger partial charge in [0.2, 0.25) is 0 Å². The minimum absolute atomic E-state index is 0.0239. The molecule has 1 aromatic rings. The molecule has 0 atom stereocenters. The van der Waals surface area contributed by atoms with E-state index in [4.69, 9.17) is 0 Å². The maximum Gasteiger partial charge on any atom is 0.276 e. The van der Waals surface area contributed by atoms with Gasteiger partial charge < -0.3 is 4.90 Å². The first-order valence-corrected chi connectivity index (χ1v) is 6.83. The van der Waals surface area contributed by atoms with Crippen LogP contribution < -0.4 is 0 Å². The van der Waals surface area contributed by atoms with Crippen LogP contribution in [0.25, 0.3) is 0 Å². The Morgan fingerprint density at radius 1 is 1.32 bits per heavy atom. The Balaban J connectivity index is 1.78. The van der Waals surface area contributed by atoms with Gasteiger partial charge in [-0.05, 0) is 18.4 Å². The third-order valence-electron chi connectivity index (χ3n) is 3.47. The van der Waals surface area contributed by atoms with Gasteiger partial charge in [0, 0.05) is 26.2 Å². The summed E-state index contributed by atoms with van der Waals surface area (Å²) >= 11 is 0. The van der Waals surface area contributed by atoms with E-state index in [2.05, 4.69) is 41.1 Å². The van der Waals surface area contributed by atoms with E-state index in [1.807, 2.05) is 4.90 Å². The topological polar surface area (TPSA) is 65.1 Å². The lowest BCUT2D eigenvalue weighted by molar-refractivity contribution is 0.0617. The van der Waals surface area contributed by atoms with E-state index in [1.165, 1.54) is 12.6 Å². The van der Waals surface area contributed by atoms with Crippen LogP contribution >= 0.6 is 0 Å². The molecule has 6 nitrogen and oxygen atoms in total. The lowest BCUT2D eigenvalue weighted by Crippen LogP contribution is -2.49. The molecule has 1 aliphatic heterocycles. The van der Waals surface area contributed by atoms with Crippen molar-refractivity contribution in [2.75, 3.05) is 32.7 Å². The largest absolute Gasteiger partial charge is 0.335 e. The monoisotopic (exact) mass is 265 g/mol. The molecule has 0 radical (unpaired) electrons. The van der Waals surface area contributed by atoms with Gasteiger partial charge in [0.15, 0.2) is 5.69 Å². The number of rotatable bonds is 3. The van der Waals surface area contributed by atoms with Crippen LogP contribution in [0.1, 0.15) is 37.7 Å². The molecule has 1 N–H and O–H groups in total. The Morgan fingerprint density at radius 2 is 2.00 bits per heavy atom. The first kappa shape index (κ1) is 14.0. The normalized spacial score (nSPS) is 17.7. The standard InChI is InChI=1S/C13H23N5O/c1-13(2,3)4-5-17-6-8-18(9-7-17)12(19)11-10-14-16-15-11/h10H,4-9H2,1-3H3,(H,14,15,16). The highest BCUT2D eigenvalue weighted by molar-refractivity contribution is 5.91. The molecule has 0 aromatic carbocycles. The average molecular weight is 265 g/mol. The van der Waals surface area contributed by atoms with Gasteiger partial charge >= 0.3 is 0 Å². The molecule has 1 aromatic heterocycles. The first-order valence-electron chi connectivity index (χ1n) is 6.83. The van der Waals surface area contributed by atoms with Crippen molar-refractivity contribution in [1.82, 2.24) is 25.2 Å². The number of carbonyl (C=O) groups excluding carboxylic acids is 1. The summed E-state index contributed by atoms with van der Waals surface area (Å²) in [5, 5.41) is 9.99. The molecule has 0 unspecified atom stereocenters. The Labute approximate surface area is 114 Å². The van der Waals surface area contributed by atoms with Crippen LogP contribution in [0.2, 0.25) is 0 Å². The number of nitrogens with zero attached hydrogens (tertiary/aromatic N) is 4. The lowest BCUT2D eigenvalue weighted by Gasteiger charge is -2.35. The zero-order chi connectivity index (χ0) is 13.9. The molecule has 1 fully saturated rings. The predicted octanol–water partition coefficient (Wildman–Crippen LogP) is 0.999. The van der Waals surface area contributed by atoms with E-state index in [9.17, 15) is 4.79 Å². The van der Waals surface area contributed by atoms with Gasteiger partial charge in [-0.1, -0.05) is 20.8 Å². The molecule has 0 spiro atoms. The van der Waals surface area contributed by atoms with E-state index in [-0.39, 0.29) is 5.91 Å². The van der Waals surface area contributed by atoms with Gasteiger partial charge in [-0.2, -0.15) is 15.4 Å². The van der Waals surface area contributed by atoms with Gasteiger partial charge in [-0.15, -0.1) is 0 Å². The highest BCUT2D eigenvalue weighted by Crippen LogP contribution is 2.19. The molecule has 1 aliphatic rings. The second-order valence-electron chi connectivity index (χ2n) is 6.30. The summed E-state index contributed by atoms with van der Waals surface area (Å²) in [6.07, 6.45) is 2.67. The summed E-state index contributed by atoms with van der Waals surface area (Å²) in [5.74, 6) is -0.0239. The molecule has 0 saturated carbocycles. The fourth-order valence-corrected chi connectivity index (χ4v) is 2.13. The second kappa shape index (κ2) is 5.69. The molecular weight excluding hydrogens is 242 g/mol. The van der Waals surface area contributed by atoms with Crippen molar-refractivity contribution in [3.63, 3.8) is 0 Å². The number of nitrogens with one attached hydrogen (secondary N) is 1. The predicted molar refractivity (Wildman–Crippen MR) is 72.8 cm³/mol. The summed E-state index contributed by atoms with van der Waals surface area (Å²) in [7, 11) is 0. The van der Waals surface area contributed by atoms with Gasteiger partial charge in [-0.25, -0.2) is 0 Å². The first-order chi connectivity index (χ1) is 8.96.